The lowest BCUT2D eigenvalue weighted by Crippen LogP contribution is -2.46. The second-order valence-electron chi connectivity index (χ2n) is 4.78. The number of aromatic nitrogens is 1. The summed E-state index contributed by atoms with van der Waals surface area (Å²) in [4.78, 5) is 17.3. The van der Waals surface area contributed by atoms with Gasteiger partial charge >= 0.3 is 5.97 Å². The molecule has 0 aromatic carbocycles. The van der Waals surface area contributed by atoms with Crippen molar-refractivity contribution in [2.24, 2.45) is 0 Å². The van der Waals surface area contributed by atoms with Crippen LogP contribution in [-0.2, 0) is 11.3 Å². The maximum absolute atomic E-state index is 11.2. The van der Waals surface area contributed by atoms with Crippen molar-refractivity contribution >= 4 is 5.97 Å². The van der Waals surface area contributed by atoms with Gasteiger partial charge in [-0.3, -0.25) is 4.90 Å². The van der Waals surface area contributed by atoms with E-state index in [4.69, 9.17) is 9.52 Å². The molecule has 19 heavy (non-hydrogen) atoms. The average molecular weight is 270 g/mol. The van der Waals surface area contributed by atoms with E-state index < -0.39 is 11.6 Å². The van der Waals surface area contributed by atoms with E-state index in [0.29, 0.717) is 38.4 Å². The number of likely N-dealkylation sites (tertiary alicyclic amines) is 1. The number of piperidine rings is 1. The van der Waals surface area contributed by atoms with Crippen molar-refractivity contribution in [1.82, 2.24) is 9.88 Å². The third kappa shape index (κ3) is 3.31. The Hall–Kier alpha value is -1.44. The Bertz CT molecular complexity index is 437. The lowest BCUT2D eigenvalue weighted by atomic mass is 9.92. The first-order valence-electron chi connectivity index (χ1n) is 6.14. The predicted octanol–water partition coefficient (Wildman–Crippen LogP) is -0.220. The smallest absolute Gasteiger partial charge is 0.360 e. The molecular weight excluding hydrogens is 252 g/mol. The number of hydrogen-bond acceptors (Lipinski definition) is 7. The maximum atomic E-state index is 11.2. The average Bonchev–Trinajstić information content (AvgIpc) is 2.89. The molecule has 1 aromatic rings. The molecule has 0 spiro atoms. The number of aliphatic hydroxyl groups is 2. The van der Waals surface area contributed by atoms with Gasteiger partial charge in [0.25, 0.3) is 0 Å². The molecule has 2 N–H and O–H groups in total. The highest BCUT2D eigenvalue weighted by Crippen LogP contribution is 2.22. The largest absolute Gasteiger partial charge is 0.464 e. The van der Waals surface area contributed by atoms with Crippen LogP contribution in [0, 0.1) is 0 Å². The molecule has 0 bridgehead atoms. The summed E-state index contributed by atoms with van der Waals surface area (Å²) in [5.41, 5.74) is -0.814. The Labute approximate surface area is 110 Å². The van der Waals surface area contributed by atoms with Crippen LogP contribution in [0.1, 0.15) is 29.2 Å². The van der Waals surface area contributed by atoms with Crippen LogP contribution in [0.15, 0.2) is 10.7 Å². The number of carbonyl (C=O) groups excluding carboxylic acids is 1. The zero-order valence-electron chi connectivity index (χ0n) is 10.8. The molecule has 0 atom stereocenters. The van der Waals surface area contributed by atoms with Crippen molar-refractivity contribution in [1.29, 1.82) is 0 Å². The highest BCUT2D eigenvalue weighted by Gasteiger charge is 2.31. The van der Waals surface area contributed by atoms with Gasteiger partial charge in [-0.15, -0.1) is 0 Å². The highest BCUT2D eigenvalue weighted by atomic mass is 16.5. The molecule has 1 aliphatic heterocycles. The van der Waals surface area contributed by atoms with Crippen LogP contribution in [-0.4, -0.2) is 58.5 Å². The van der Waals surface area contributed by atoms with Crippen molar-refractivity contribution in [3.8, 4) is 0 Å². The summed E-state index contributed by atoms with van der Waals surface area (Å²) in [5.74, 6) is -0.0851. The van der Waals surface area contributed by atoms with Crippen molar-refractivity contribution < 1.29 is 24.2 Å². The van der Waals surface area contributed by atoms with E-state index >= 15 is 0 Å². The minimum atomic E-state index is -0.968. The molecule has 106 valence electrons. The van der Waals surface area contributed by atoms with E-state index in [0.717, 1.165) is 0 Å². The number of hydrogen-bond donors (Lipinski definition) is 2. The third-order valence-corrected chi connectivity index (χ3v) is 3.39. The lowest BCUT2D eigenvalue weighted by molar-refractivity contribution is -0.0616. The number of rotatable bonds is 4. The van der Waals surface area contributed by atoms with E-state index in [1.807, 2.05) is 0 Å². The van der Waals surface area contributed by atoms with Gasteiger partial charge in [-0.25, -0.2) is 9.78 Å². The molecule has 0 aliphatic carbocycles. The minimum absolute atomic E-state index is 0.154. The molecule has 1 aromatic heterocycles. The van der Waals surface area contributed by atoms with Crippen molar-refractivity contribution in [3.05, 3.63) is 17.8 Å². The number of esters is 1. The van der Waals surface area contributed by atoms with E-state index in [1.54, 1.807) is 0 Å². The van der Waals surface area contributed by atoms with Gasteiger partial charge in [0.1, 0.15) is 6.26 Å². The summed E-state index contributed by atoms with van der Waals surface area (Å²) in [6, 6.07) is 0. The molecule has 7 heteroatoms. The van der Waals surface area contributed by atoms with Gasteiger partial charge in [0.05, 0.1) is 25.9 Å². The molecule has 2 heterocycles. The lowest BCUT2D eigenvalue weighted by Gasteiger charge is -2.36. The Balaban J connectivity index is 1.89. The standard InChI is InChI=1S/C12H18N2O5/c1-18-11(16)9-7-19-10(13-9)6-14-4-2-12(17,8-15)3-5-14/h7,15,17H,2-6,8H2,1H3. The van der Waals surface area contributed by atoms with E-state index in [9.17, 15) is 9.90 Å². The van der Waals surface area contributed by atoms with E-state index in [-0.39, 0.29) is 12.3 Å². The van der Waals surface area contributed by atoms with E-state index in [1.165, 1.54) is 13.4 Å². The molecule has 0 unspecified atom stereocenters. The second kappa shape index (κ2) is 5.68. The summed E-state index contributed by atoms with van der Waals surface area (Å²) in [7, 11) is 1.29. The van der Waals surface area contributed by atoms with Crippen molar-refractivity contribution in [2.45, 2.75) is 25.0 Å². The zero-order valence-corrected chi connectivity index (χ0v) is 10.8. The number of methoxy groups -OCH3 is 1. The summed E-state index contributed by atoms with van der Waals surface area (Å²) in [5, 5.41) is 19.0. The summed E-state index contributed by atoms with van der Waals surface area (Å²) in [6.07, 6.45) is 2.29. The van der Waals surface area contributed by atoms with Gasteiger partial charge < -0.3 is 19.4 Å². The highest BCUT2D eigenvalue weighted by molar-refractivity contribution is 5.86. The molecule has 0 amide bonds. The van der Waals surface area contributed by atoms with Gasteiger partial charge in [-0.2, -0.15) is 0 Å². The first-order valence-corrected chi connectivity index (χ1v) is 6.14. The van der Waals surface area contributed by atoms with Crippen LogP contribution in [0.25, 0.3) is 0 Å². The van der Waals surface area contributed by atoms with E-state index in [2.05, 4.69) is 14.6 Å². The number of ether oxygens (including phenoxy) is 1. The Morgan fingerprint density at radius 1 is 1.58 bits per heavy atom. The fourth-order valence-corrected chi connectivity index (χ4v) is 2.06. The third-order valence-electron chi connectivity index (χ3n) is 3.39. The summed E-state index contributed by atoms with van der Waals surface area (Å²) < 4.78 is 9.75. The molecule has 1 fully saturated rings. The number of carbonyl (C=O) groups is 1. The molecule has 0 radical (unpaired) electrons. The Kier molecular flexibility index (Phi) is 4.18. The van der Waals surface area contributed by atoms with Gasteiger partial charge in [0, 0.05) is 13.1 Å². The molecule has 1 saturated heterocycles. The van der Waals surface area contributed by atoms with Crippen molar-refractivity contribution in [3.63, 3.8) is 0 Å². The van der Waals surface area contributed by atoms with Crippen molar-refractivity contribution in [2.75, 3.05) is 26.8 Å². The second-order valence-corrected chi connectivity index (χ2v) is 4.78. The maximum Gasteiger partial charge on any atom is 0.360 e. The monoisotopic (exact) mass is 270 g/mol. The zero-order chi connectivity index (χ0) is 13.9. The normalized spacial score (nSPS) is 19.3. The van der Waals surface area contributed by atoms with Crippen LogP contribution in [0.5, 0.6) is 0 Å². The van der Waals surface area contributed by atoms with Gasteiger partial charge in [-0.05, 0) is 12.8 Å². The predicted molar refractivity (Wildman–Crippen MR) is 64.4 cm³/mol. The minimum Gasteiger partial charge on any atom is -0.464 e. The first kappa shape index (κ1) is 14.0. The van der Waals surface area contributed by atoms with Crippen LogP contribution in [0.3, 0.4) is 0 Å². The molecule has 2 rings (SSSR count). The topological polar surface area (TPSA) is 96.0 Å². The first-order chi connectivity index (χ1) is 9.06. The quantitative estimate of drug-likeness (QED) is 0.730. The van der Waals surface area contributed by atoms with Gasteiger partial charge in [0.15, 0.2) is 5.69 Å². The fraction of sp³-hybridized carbons (Fsp3) is 0.667. The summed E-state index contributed by atoms with van der Waals surface area (Å²) in [6.45, 7) is 1.55. The summed E-state index contributed by atoms with van der Waals surface area (Å²) >= 11 is 0. The molecule has 1 aliphatic rings. The van der Waals surface area contributed by atoms with Gasteiger partial charge in [0.2, 0.25) is 5.89 Å². The van der Waals surface area contributed by atoms with Crippen LogP contribution < -0.4 is 0 Å². The van der Waals surface area contributed by atoms with Crippen LogP contribution in [0.4, 0.5) is 0 Å². The SMILES string of the molecule is COC(=O)c1coc(CN2CCC(O)(CO)CC2)n1. The fourth-order valence-electron chi connectivity index (χ4n) is 2.06. The Morgan fingerprint density at radius 3 is 2.84 bits per heavy atom. The van der Waals surface area contributed by atoms with Gasteiger partial charge in [-0.1, -0.05) is 0 Å². The molecular formula is C12H18N2O5. The number of aliphatic hydroxyl groups excluding tert-OH is 1. The Morgan fingerprint density at radius 2 is 2.26 bits per heavy atom. The van der Waals surface area contributed by atoms with Crippen LogP contribution in [0.2, 0.25) is 0 Å². The molecule has 7 nitrogen and oxygen atoms in total. The van der Waals surface area contributed by atoms with Crippen LogP contribution >= 0.6 is 0 Å². The number of nitrogens with zero attached hydrogens (tertiary/aromatic N) is 2. The molecule has 0 saturated carbocycles. The number of oxazole rings is 1.